The van der Waals surface area contributed by atoms with Gasteiger partial charge in [-0.3, -0.25) is 0 Å². The standard InChI is InChI=1S/C26H20NO.C14H16GeN.Ir/c1-17(2)19-13-14-27-24(16-19)22-10-6-9-21-23-15-20(18-7-4-3-5-8-18)11-12-25(23)28-26(21)22;1-15(2,3)13-9-10-14(16-11-13)12-7-5-4-6-8-12;/h3-9,11-17H,1-2H3;4-7,9-11H,1-3H3;/q2*-1;/i17D;;. The Morgan fingerprint density at radius 3 is 2.22 bits per heavy atom. The van der Waals surface area contributed by atoms with Crippen molar-refractivity contribution in [1.82, 2.24) is 9.97 Å². The molecule has 3 heterocycles. The second kappa shape index (κ2) is 14.1. The molecule has 0 aliphatic carbocycles. The molecule has 227 valence electrons. The van der Waals surface area contributed by atoms with E-state index in [-0.39, 0.29) is 20.1 Å². The third-order valence-corrected chi connectivity index (χ3v) is 12.0. The first-order chi connectivity index (χ1) is 21.6. The molecule has 0 unspecified atom stereocenters. The summed E-state index contributed by atoms with van der Waals surface area (Å²) in [6.07, 6.45) is 3.79. The maximum Gasteiger partial charge on any atom is 0 e. The van der Waals surface area contributed by atoms with Gasteiger partial charge in [0.2, 0.25) is 0 Å². The quantitative estimate of drug-likeness (QED) is 0.128. The molecular formula is C40H36GeIrN2O-2. The van der Waals surface area contributed by atoms with Crippen molar-refractivity contribution in [2.75, 3.05) is 0 Å². The molecule has 3 nitrogen and oxygen atoms in total. The van der Waals surface area contributed by atoms with E-state index >= 15 is 0 Å². The minimum Gasteiger partial charge on any atom is 0 e. The Kier molecular flexibility index (Phi) is 9.75. The monoisotopic (exact) mass is 828 g/mol. The van der Waals surface area contributed by atoms with Crippen molar-refractivity contribution in [2.24, 2.45) is 0 Å². The Balaban J connectivity index is 0.000000209. The van der Waals surface area contributed by atoms with Crippen LogP contribution in [0.1, 0.15) is 26.7 Å². The fourth-order valence-electron chi connectivity index (χ4n) is 5.17. The largest absolute Gasteiger partial charge is 0 e. The van der Waals surface area contributed by atoms with Gasteiger partial charge in [-0.25, -0.2) is 0 Å². The SMILES string of the molecule is [2H]C(C)(C)c1ccnc(-c2[c-]ccc3c2oc2ccc(-c4ccccc4)cc23)c1.[CH3][Ge]([CH3])([CH3])[c]1ccc(-c2[c-]cccc2)nc1.[Ir]. The summed E-state index contributed by atoms with van der Waals surface area (Å²) >= 11 is -1.72. The molecule has 0 saturated heterocycles. The van der Waals surface area contributed by atoms with Crippen molar-refractivity contribution >= 4 is 39.6 Å². The van der Waals surface area contributed by atoms with Gasteiger partial charge in [0.25, 0.3) is 0 Å². The summed E-state index contributed by atoms with van der Waals surface area (Å²) in [5, 5.41) is 2.12. The molecule has 5 heteroatoms. The van der Waals surface area contributed by atoms with Gasteiger partial charge >= 0.3 is 99.8 Å². The summed E-state index contributed by atoms with van der Waals surface area (Å²) in [7, 11) is 0. The van der Waals surface area contributed by atoms with E-state index in [1.165, 1.54) is 9.96 Å². The number of pyridine rings is 2. The molecule has 1 radical (unpaired) electrons. The van der Waals surface area contributed by atoms with E-state index in [0.717, 1.165) is 55.6 Å². The van der Waals surface area contributed by atoms with Gasteiger partial charge in [-0.15, -0.1) is 18.2 Å². The Labute approximate surface area is 283 Å². The second-order valence-corrected chi connectivity index (χ2v) is 22.8. The third kappa shape index (κ3) is 7.36. The van der Waals surface area contributed by atoms with Crippen molar-refractivity contribution < 1.29 is 25.9 Å². The molecule has 0 aliphatic rings. The summed E-state index contributed by atoms with van der Waals surface area (Å²) in [6, 6.07) is 43.2. The number of fused-ring (bicyclic) bond motifs is 3. The van der Waals surface area contributed by atoms with Crippen molar-refractivity contribution in [3.8, 4) is 33.6 Å². The van der Waals surface area contributed by atoms with E-state index in [2.05, 4.69) is 75.8 Å². The Morgan fingerprint density at radius 2 is 1.53 bits per heavy atom. The maximum atomic E-state index is 8.33. The Hall–Kier alpha value is -3.83. The number of aromatic nitrogens is 2. The number of nitrogens with zero attached hydrogens (tertiary/aromatic N) is 2. The van der Waals surface area contributed by atoms with Crippen LogP contribution >= 0.6 is 0 Å². The number of furan rings is 1. The predicted octanol–water partition coefficient (Wildman–Crippen LogP) is 10.3. The minimum absolute atomic E-state index is 0. The van der Waals surface area contributed by atoms with Crippen LogP contribution in [0.25, 0.3) is 55.6 Å². The molecule has 0 amide bonds. The first-order valence-corrected chi connectivity index (χ1v) is 22.3. The fraction of sp³-hybridized carbons (Fsp3) is 0.150. The van der Waals surface area contributed by atoms with Crippen LogP contribution in [0.2, 0.25) is 17.3 Å². The van der Waals surface area contributed by atoms with Crippen molar-refractivity contribution in [1.29, 1.82) is 0 Å². The molecule has 0 saturated carbocycles. The van der Waals surface area contributed by atoms with Crippen LogP contribution in [0.5, 0.6) is 0 Å². The van der Waals surface area contributed by atoms with Crippen molar-refractivity contribution in [3.05, 3.63) is 139 Å². The first-order valence-electron chi connectivity index (χ1n) is 15.4. The van der Waals surface area contributed by atoms with Gasteiger partial charge in [0.15, 0.2) is 0 Å². The molecule has 0 spiro atoms. The normalized spacial score (nSPS) is 11.8. The van der Waals surface area contributed by atoms with Gasteiger partial charge in [-0.2, -0.15) is 0 Å². The summed E-state index contributed by atoms with van der Waals surface area (Å²) in [6.45, 7) is 3.76. The molecule has 3 aromatic heterocycles. The van der Waals surface area contributed by atoms with Gasteiger partial charge in [0.1, 0.15) is 5.58 Å². The average Bonchev–Trinajstić information content (AvgIpc) is 3.43. The second-order valence-electron chi connectivity index (χ2n) is 12.2. The smallest absolute Gasteiger partial charge is 0 e. The van der Waals surface area contributed by atoms with E-state index in [4.69, 9.17) is 5.79 Å². The van der Waals surface area contributed by atoms with Gasteiger partial charge in [0.05, 0.1) is 5.58 Å². The zero-order chi connectivity index (χ0) is 31.6. The van der Waals surface area contributed by atoms with Gasteiger partial charge < -0.3 is 9.40 Å². The van der Waals surface area contributed by atoms with Crippen LogP contribution in [-0.4, -0.2) is 23.2 Å². The number of hydrogen-bond donors (Lipinski definition) is 0. The summed E-state index contributed by atoms with van der Waals surface area (Å²) in [5.41, 5.74) is 8.55. The molecule has 45 heavy (non-hydrogen) atoms. The number of rotatable bonds is 5. The fourth-order valence-corrected chi connectivity index (χ4v) is 7.34. The van der Waals surface area contributed by atoms with Crippen molar-refractivity contribution in [2.45, 2.75) is 37.0 Å². The summed E-state index contributed by atoms with van der Waals surface area (Å²) in [5.74, 6) is 6.45. The van der Waals surface area contributed by atoms with Gasteiger partial charge in [-0.05, 0) is 40.9 Å². The molecule has 7 rings (SSSR count). The van der Waals surface area contributed by atoms with Crippen LogP contribution in [0, 0.1) is 12.1 Å². The van der Waals surface area contributed by atoms with Crippen molar-refractivity contribution in [3.63, 3.8) is 0 Å². The first kappa shape index (κ1) is 31.2. The molecule has 0 fully saturated rings. The zero-order valence-electron chi connectivity index (χ0n) is 27.2. The van der Waals surface area contributed by atoms with E-state index in [1.807, 2.05) is 92.8 Å². The van der Waals surface area contributed by atoms with E-state index in [9.17, 15) is 0 Å². The third-order valence-electron chi connectivity index (χ3n) is 7.75. The average molecular weight is 827 g/mol. The number of benzene rings is 4. The summed E-state index contributed by atoms with van der Waals surface area (Å²) < 4.78 is 16.0. The van der Waals surface area contributed by atoms with Gasteiger partial charge in [-0.1, -0.05) is 72.8 Å². The van der Waals surface area contributed by atoms with E-state index < -0.39 is 19.2 Å². The Bertz CT molecular complexity index is 2060. The van der Waals surface area contributed by atoms with E-state index in [0.29, 0.717) is 0 Å². The predicted molar refractivity (Wildman–Crippen MR) is 187 cm³/mol. The topological polar surface area (TPSA) is 38.9 Å². The molecule has 0 N–H and O–H groups in total. The van der Waals surface area contributed by atoms with Crippen LogP contribution in [0.4, 0.5) is 0 Å². The minimum atomic E-state index is -1.72. The van der Waals surface area contributed by atoms with Crippen LogP contribution in [0.3, 0.4) is 0 Å². The van der Waals surface area contributed by atoms with Crippen LogP contribution in [-0.2, 0) is 20.1 Å². The summed E-state index contributed by atoms with van der Waals surface area (Å²) in [4.78, 5) is 9.07. The van der Waals surface area contributed by atoms with Crippen LogP contribution in [0.15, 0.2) is 126 Å². The molecule has 0 atom stereocenters. The molecule has 4 aromatic carbocycles. The molecular weight excluding hydrogens is 789 g/mol. The van der Waals surface area contributed by atoms with Crippen LogP contribution < -0.4 is 4.40 Å². The zero-order valence-corrected chi connectivity index (χ0v) is 30.7. The van der Waals surface area contributed by atoms with E-state index in [1.54, 1.807) is 6.20 Å². The molecule has 0 aliphatic heterocycles. The maximum absolute atomic E-state index is 8.33. The Morgan fingerprint density at radius 1 is 0.733 bits per heavy atom. The van der Waals surface area contributed by atoms with Gasteiger partial charge in [0, 0.05) is 33.1 Å². The molecule has 7 aromatic rings. The number of hydrogen-bond acceptors (Lipinski definition) is 3. The molecule has 0 bridgehead atoms.